The zero-order valence-corrected chi connectivity index (χ0v) is 11.1. The quantitative estimate of drug-likeness (QED) is 0.896. The lowest BCUT2D eigenvalue weighted by Gasteiger charge is -2.18. The van der Waals surface area contributed by atoms with Crippen molar-refractivity contribution in [3.63, 3.8) is 0 Å². The summed E-state index contributed by atoms with van der Waals surface area (Å²) in [5, 5.41) is 0. The van der Waals surface area contributed by atoms with Crippen molar-refractivity contribution in [1.82, 2.24) is 4.98 Å². The molecule has 0 aromatic carbocycles. The molecule has 0 aliphatic carbocycles. The molecule has 2 nitrogen and oxygen atoms in total. The number of hydrogen-bond donors (Lipinski definition) is 1. The molecule has 3 heteroatoms. The molecule has 2 aromatic heterocycles. The van der Waals surface area contributed by atoms with Crippen LogP contribution in [0.4, 0.5) is 0 Å². The van der Waals surface area contributed by atoms with E-state index in [2.05, 4.69) is 31.0 Å². The Morgan fingerprint density at radius 3 is 2.53 bits per heavy atom. The lowest BCUT2D eigenvalue weighted by atomic mass is 9.94. The molecule has 0 fully saturated rings. The Labute approximate surface area is 107 Å². The Kier molecular flexibility index (Phi) is 3.92. The molecule has 2 rings (SSSR count). The van der Waals surface area contributed by atoms with Crippen molar-refractivity contribution in [2.75, 3.05) is 0 Å². The zero-order chi connectivity index (χ0) is 12.3. The fourth-order valence-electron chi connectivity index (χ4n) is 1.88. The van der Waals surface area contributed by atoms with E-state index in [-0.39, 0.29) is 6.04 Å². The maximum absolute atomic E-state index is 6.33. The Balaban J connectivity index is 2.17. The van der Waals surface area contributed by atoms with E-state index < -0.39 is 0 Å². The van der Waals surface area contributed by atoms with E-state index in [1.165, 1.54) is 15.3 Å². The molecule has 2 aromatic rings. The molecule has 0 aliphatic rings. The number of nitrogens with two attached hydrogens (primary N) is 1. The monoisotopic (exact) mass is 246 g/mol. The normalized spacial score (nSPS) is 14.5. The summed E-state index contributed by atoms with van der Waals surface area (Å²) in [5.41, 5.74) is 7.58. The first-order valence-corrected chi connectivity index (χ1v) is 6.78. The summed E-state index contributed by atoms with van der Waals surface area (Å²) in [6.45, 7) is 4.35. The molecule has 0 bridgehead atoms. The van der Waals surface area contributed by atoms with E-state index in [4.69, 9.17) is 5.73 Å². The topological polar surface area (TPSA) is 38.9 Å². The highest BCUT2D eigenvalue weighted by molar-refractivity contribution is 7.12. The van der Waals surface area contributed by atoms with Crippen LogP contribution in [0.2, 0.25) is 0 Å². The Morgan fingerprint density at radius 1 is 1.24 bits per heavy atom. The first-order valence-electron chi connectivity index (χ1n) is 5.96. The molecule has 0 spiro atoms. The lowest BCUT2D eigenvalue weighted by Crippen LogP contribution is -2.16. The zero-order valence-electron chi connectivity index (χ0n) is 10.3. The van der Waals surface area contributed by atoms with Gasteiger partial charge in [0.2, 0.25) is 0 Å². The van der Waals surface area contributed by atoms with Crippen LogP contribution in [0.5, 0.6) is 0 Å². The van der Waals surface area contributed by atoms with E-state index in [0.717, 1.165) is 6.42 Å². The second kappa shape index (κ2) is 5.43. The van der Waals surface area contributed by atoms with Crippen molar-refractivity contribution < 1.29 is 0 Å². The summed E-state index contributed by atoms with van der Waals surface area (Å²) in [6.07, 6.45) is 4.73. The van der Waals surface area contributed by atoms with Crippen LogP contribution in [0, 0.1) is 0 Å². The van der Waals surface area contributed by atoms with E-state index >= 15 is 0 Å². The SMILES string of the molecule is CCc1ccc(C(N)C(C)c2ccncc2)s1. The van der Waals surface area contributed by atoms with Gasteiger partial charge in [0.25, 0.3) is 0 Å². The summed E-state index contributed by atoms with van der Waals surface area (Å²) in [5.74, 6) is 0.321. The van der Waals surface area contributed by atoms with Crippen LogP contribution in [0.1, 0.15) is 41.1 Å². The maximum atomic E-state index is 6.33. The molecule has 2 unspecified atom stereocenters. The molecule has 0 saturated heterocycles. The van der Waals surface area contributed by atoms with Gasteiger partial charge in [0.05, 0.1) is 0 Å². The second-order valence-corrected chi connectivity index (χ2v) is 5.45. The Morgan fingerprint density at radius 2 is 1.94 bits per heavy atom. The van der Waals surface area contributed by atoms with Crippen LogP contribution in [0.25, 0.3) is 0 Å². The maximum Gasteiger partial charge on any atom is 0.0456 e. The smallest absolute Gasteiger partial charge is 0.0456 e. The van der Waals surface area contributed by atoms with Crippen molar-refractivity contribution >= 4 is 11.3 Å². The highest BCUT2D eigenvalue weighted by Gasteiger charge is 2.18. The fraction of sp³-hybridized carbons (Fsp3) is 0.357. The average molecular weight is 246 g/mol. The van der Waals surface area contributed by atoms with Gasteiger partial charge in [0, 0.05) is 34.1 Å². The number of hydrogen-bond acceptors (Lipinski definition) is 3. The summed E-state index contributed by atoms with van der Waals surface area (Å²) in [7, 11) is 0. The van der Waals surface area contributed by atoms with Gasteiger partial charge in [-0.3, -0.25) is 4.98 Å². The summed E-state index contributed by atoms with van der Waals surface area (Å²) in [4.78, 5) is 6.71. The first kappa shape index (κ1) is 12.3. The number of pyridine rings is 1. The molecular weight excluding hydrogens is 228 g/mol. The van der Waals surface area contributed by atoms with Crippen LogP contribution in [-0.4, -0.2) is 4.98 Å². The lowest BCUT2D eigenvalue weighted by molar-refractivity contribution is 0.607. The summed E-state index contributed by atoms with van der Waals surface area (Å²) in [6, 6.07) is 8.49. The second-order valence-electron chi connectivity index (χ2n) is 4.25. The third-order valence-electron chi connectivity index (χ3n) is 3.13. The van der Waals surface area contributed by atoms with Gasteiger partial charge in [-0.15, -0.1) is 11.3 Å². The largest absolute Gasteiger partial charge is 0.323 e. The van der Waals surface area contributed by atoms with Crippen LogP contribution in [0.3, 0.4) is 0 Å². The van der Waals surface area contributed by atoms with Crippen LogP contribution in [-0.2, 0) is 6.42 Å². The van der Waals surface area contributed by atoms with Gasteiger partial charge in [-0.05, 0) is 36.2 Å². The fourth-order valence-corrected chi connectivity index (χ4v) is 2.94. The van der Waals surface area contributed by atoms with Crippen molar-refractivity contribution in [1.29, 1.82) is 0 Å². The number of aryl methyl sites for hydroxylation is 1. The first-order chi connectivity index (χ1) is 8.22. The molecule has 0 amide bonds. The minimum Gasteiger partial charge on any atom is -0.323 e. The number of thiophene rings is 1. The van der Waals surface area contributed by atoms with Gasteiger partial charge in [-0.2, -0.15) is 0 Å². The molecule has 17 heavy (non-hydrogen) atoms. The number of aromatic nitrogens is 1. The predicted octanol–water partition coefficient (Wildman–Crippen LogP) is 3.51. The van der Waals surface area contributed by atoms with Gasteiger partial charge >= 0.3 is 0 Å². The highest BCUT2D eigenvalue weighted by Crippen LogP contribution is 2.32. The van der Waals surface area contributed by atoms with Gasteiger partial charge in [0.1, 0.15) is 0 Å². The van der Waals surface area contributed by atoms with Crippen molar-refractivity contribution in [3.8, 4) is 0 Å². The molecular formula is C14H18N2S. The minimum atomic E-state index is 0.0719. The van der Waals surface area contributed by atoms with E-state index in [1.807, 2.05) is 35.9 Å². The van der Waals surface area contributed by atoms with Crippen molar-refractivity contribution in [2.24, 2.45) is 5.73 Å². The third-order valence-corrected chi connectivity index (χ3v) is 4.46. The molecule has 0 saturated carbocycles. The van der Waals surface area contributed by atoms with Gasteiger partial charge in [0.15, 0.2) is 0 Å². The van der Waals surface area contributed by atoms with Crippen LogP contribution >= 0.6 is 11.3 Å². The summed E-state index contributed by atoms with van der Waals surface area (Å²) < 4.78 is 0. The molecule has 2 heterocycles. The number of nitrogens with zero attached hydrogens (tertiary/aromatic N) is 1. The Hall–Kier alpha value is -1.19. The van der Waals surface area contributed by atoms with E-state index in [0.29, 0.717) is 5.92 Å². The highest BCUT2D eigenvalue weighted by atomic mass is 32.1. The molecule has 90 valence electrons. The molecule has 0 radical (unpaired) electrons. The van der Waals surface area contributed by atoms with Gasteiger partial charge in [-0.1, -0.05) is 13.8 Å². The standard InChI is InChI=1S/C14H18N2S/c1-3-12-4-5-13(17-12)14(15)10(2)11-6-8-16-9-7-11/h4-10,14H,3,15H2,1-2H3. The average Bonchev–Trinajstić information content (AvgIpc) is 2.87. The Bertz CT molecular complexity index is 464. The van der Waals surface area contributed by atoms with Gasteiger partial charge in [-0.25, -0.2) is 0 Å². The number of rotatable bonds is 4. The van der Waals surface area contributed by atoms with Crippen molar-refractivity contribution in [2.45, 2.75) is 32.2 Å². The molecule has 0 aliphatic heterocycles. The van der Waals surface area contributed by atoms with Crippen LogP contribution < -0.4 is 5.73 Å². The molecule has 2 N–H and O–H groups in total. The van der Waals surface area contributed by atoms with E-state index in [1.54, 1.807) is 0 Å². The van der Waals surface area contributed by atoms with Gasteiger partial charge < -0.3 is 5.73 Å². The summed E-state index contributed by atoms with van der Waals surface area (Å²) >= 11 is 1.82. The van der Waals surface area contributed by atoms with Crippen LogP contribution in [0.15, 0.2) is 36.7 Å². The third kappa shape index (κ3) is 2.73. The predicted molar refractivity (Wildman–Crippen MR) is 73.3 cm³/mol. The van der Waals surface area contributed by atoms with Crippen molar-refractivity contribution in [3.05, 3.63) is 52.0 Å². The minimum absolute atomic E-state index is 0.0719. The molecule has 2 atom stereocenters. The van der Waals surface area contributed by atoms with E-state index in [9.17, 15) is 0 Å².